The number of nitriles is 1. The average molecular weight is 297 g/mol. The van der Waals surface area contributed by atoms with Gasteiger partial charge in [-0.1, -0.05) is 30.7 Å². The third-order valence-electron chi connectivity index (χ3n) is 3.37. The number of benzene rings is 1. The molecule has 0 unspecified atom stereocenters. The summed E-state index contributed by atoms with van der Waals surface area (Å²) in [5.41, 5.74) is 3.42. The fourth-order valence-electron chi connectivity index (χ4n) is 2.34. The van der Waals surface area contributed by atoms with E-state index in [1.54, 1.807) is 6.20 Å². The smallest absolute Gasteiger partial charge is 0.160 e. The Morgan fingerprint density at radius 1 is 1.29 bits per heavy atom. The van der Waals surface area contributed by atoms with E-state index < -0.39 is 0 Å². The van der Waals surface area contributed by atoms with Gasteiger partial charge in [-0.3, -0.25) is 0 Å². The van der Waals surface area contributed by atoms with Crippen molar-refractivity contribution in [3.05, 3.63) is 58.5 Å². The van der Waals surface area contributed by atoms with E-state index in [9.17, 15) is 0 Å². The van der Waals surface area contributed by atoms with Crippen LogP contribution in [0.3, 0.4) is 0 Å². The first-order valence-electron chi connectivity index (χ1n) is 6.71. The lowest BCUT2D eigenvalue weighted by Crippen LogP contribution is -2.05. The summed E-state index contributed by atoms with van der Waals surface area (Å²) < 4.78 is 2.09. The molecule has 0 radical (unpaired) electrons. The molecule has 1 aromatic carbocycles. The molecule has 4 nitrogen and oxygen atoms in total. The predicted octanol–water partition coefficient (Wildman–Crippen LogP) is 3.57. The van der Waals surface area contributed by atoms with E-state index in [2.05, 4.69) is 27.5 Å². The van der Waals surface area contributed by atoms with Crippen LogP contribution in [0.4, 0.5) is 0 Å². The van der Waals surface area contributed by atoms with Gasteiger partial charge in [-0.2, -0.15) is 5.26 Å². The molecule has 0 amide bonds. The van der Waals surface area contributed by atoms with Crippen molar-refractivity contribution in [3.8, 4) is 6.07 Å². The summed E-state index contributed by atoms with van der Waals surface area (Å²) in [6, 6.07) is 11.5. The molecular weight excluding hydrogens is 284 g/mol. The van der Waals surface area contributed by atoms with Gasteiger partial charge in [0.25, 0.3) is 0 Å². The Bertz CT molecular complexity index is 828. The minimum Gasteiger partial charge on any atom is -0.308 e. The Labute approximate surface area is 127 Å². The summed E-state index contributed by atoms with van der Waals surface area (Å²) >= 11 is 5.97. The molecule has 0 atom stereocenters. The van der Waals surface area contributed by atoms with Crippen LogP contribution in [0.15, 0.2) is 36.5 Å². The van der Waals surface area contributed by atoms with E-state index in [0.29, 0.717) is 17.1 Å². The molecule has 0 saturated carbocycles. The standard InChI is InChI=1S/C16H13ClN4/c1-2-15-20-14-7-13(17)9-19-16(14)21(15)10-12-5-3-11(8-18)4-6-12/h3-7,9H,2,10H2,1H3. The Morgan fingerprint density at radius 3 is 2.71 bits per heavy atom. The maximum atomic E-state index is 8.85. The van der Waals surface area contributed by atoms with E-state index in [-0.39, 0.29) is 0 Å². The van der Waals surface area contributed by atoms with Crippen molar-refractivity contribution in [1.29, 1.82) is 5.26 Å². The van der Waals surface area contributed by atoms with Crippen molar-refractivity contribution in [2.75, 3.05) is 0 Å². The topological polar surface area (TPSA) is 54.5 Å². The number of pyridine rings is 1. The second-order valence-electron chi connectivity index (χ2n) is 4.77. The molecule has 2 aromatic heterocycles. The van der Waals surface area contributed by atoms with Gasteiger partial charge in [-0.15, -0.1) is 0 Å². The van der Waals surface area contributed by atoms with Crippen molar-refractivity contribution < 1.29 is 0 Å². The number of hydrogen-bond donors (Lipinski definition) is 0. The van der Waals surface area contributed by atoms with Crippen molar-refractivity contribution in [3.63, 3.8) is 0 Å². The molecule has 5 heteroatoms. The van der Waals surface area contributed by atoms with Gasteiger partial charge in [0.2, 0.25) is 0 Å². The highest BCUT2D eigenvalue weighted by atomic mass is 35.5. The maximum Gasteiger partial charge on any atom is 0.160 e. The molecule has 0 saturated heterocycles. The van der Waals surface area contributed by atoms with Crippen LogP contribution < -0.4 is 0 Å². The second kappa shape index (κ2) is 5.55. The summed E-state index contributed by atoms with van der Waals surface area (Å²) in [6.45, 7) is 2.75. The number of imidazole rings is 1. The molecule has 0 aliphatic rings. The highest BCUT2D eigenvalue weighted by molar-refractivity contribution is 6.31. The lowest BCUT2D eigenvalue weighted by atomic mass is 10.1. The van der Waals surface area contributed by atoms with E-state index in [1.165, 1.54) is 0 Å². The van der Waals surface area contributed by atoms with Crippen molar-refractivity contribution in [2.24, 2.45) is 0 Å². The Hall–Kier alpha value is -2.38. The van der Waals surface area contributed by atoms with Crippen LogP contribution in [0, 0.1) is 11.3 Å². The first kappa shape index (κ1) is 13.6. The van der Waals surface area contributed by atoms with Crippen LogP contribution in [-0.2, 0) is 13.0 Å². The number of nitrogens with zero attached hydrogens (tertiary/aromatic N) is 4. The van der Waals surface area contributed by atoms with Crippen molar-refractivity contribution in [2.45, 2.75) is 19.9 Å². The van der Waals surface area contributed by atoms with E-state index >= 15 is 0 Å². The largest absolute Gasteiger partial charge is 0.308 e. The molecule has 0 aliphatic heterocycles. The Balaban J connectivity index is 2.04. The quantitative estimate of drug-likeness (QED) is 0.742. The van der Waals surface area contributed by atoms with Crippen LogP contribution in [0.25, 0.3) is 11.2 Å². The summed E-state index contributed by atoms with van der Waals surface area (Å²) in [6.07, 6.45) is 2.46. The molecule has 0 N–H and O–H groups in total. The van der Waals surface area contributed by atoms with Gasteiger partial charge in [-0.25, -0.2) is 9.97 Å². The fraction of sp³-hybridized carbons (Fsp3) is 0.188. The van der Waals surface area contributed by atoms with Crippen molar-refractivity contribution >= 4 is 22.8 Å². The molecule has 0 aliphatic carbocycles. The van der Waals surface area contributed by atoms with Crippen LogP contribution in [0.2, 0.25) is 5.02 Å². The van der Waals surface area contributed by atoms with Gasteiger partial charge < -0.3 is 4.57 Å². The lowest BCUT2D eigenvalue weighted by Gasteiger charge is -2.07. The summed E-state index contributed by atoms with van der Waals surface area (Å²) in [5, 5.41) is 9.44. The zero-order valence-electron chi connectivity index (χ0n) is 11.5. The molecule has 3 rings (SSSR count). The molecule has 0 fully saturated rings. The molecule has 2 heterocycles. The first-order valence-corrected chi connectivity index (χ1v) is 7.08. The molecule has 0 bridgehead atoms. The van der Waals surface area contributed by atoms with Crippen LogP contribution in [-0.4, -0.2) is 14.5 Å². The number of rotatable bonds is 3. The normalized spacial score (nSPS) is 10.7. The van der Waals surface area contributed by atoms with E-state index in [0.717, 1.165) is 29.0 Å². The van der Waals surface area contributed by atoms with Crippen LogP contribution in [0.1, 0.15) is 23.9 Å². The van der Waals surface area contributed by atoms with Gasteiger partial charge >= 0.3 is 0 Å². The Kier molecular flexibility index (Phi) is 3.59. The van der Waals surface area contributed by atoms with Gasteiger partial charge in [0, 0.05) is 12.6 Å². The first-order chi connectivity index (χ1) is 10.2. The number of halogens is 1. The molecule has 0 spiro atoms. The van der Waals surface area contributed by atoms with Gasteiger partial charge in [0.1, 0.15) is 11.3 Å². The summed E-state index contributed by atoms with van der Waals surface area (Å²) in [5.74, 6) is 0.976. The highest BCUT2D eigenvalue weighted by Gasteiger charge is 2.11. The fourth-order valence-corrected chi connectivity index (χ4v) is 2.49. The molecule has 3 aromatic rings. The number of hydrogen-bond acceptors (Lipinski definition) is 3. The van der Waals surface area contributed by atoms with Crippen LogP contribution in [0.5, 0.6) is 0 Å². The minimum absolute atomic E-state index is 0.591. The Morgan fingerprint density at radius 2 is 2.05 bits per heavy atom. The predicted molar refractivity (Wildman–Crippen MR) is 82.2 cm³/mol. The van der Waals surface area contributed by atoms with Gasteiger partial charge in [0.15, 0.2) is 5.65 Å². The van der Waals surface area contributed by atoms with Crippen LogP contribution >= 0.6 is 11.6 Å². The van der Waals surface area contributed by atoms with E-state index in [1.807, 2.05) is 30.3 Å². The van der Waals surface area contributed by atoms with Crippen molar-refractivity contribution in [1.82, 2.24) is 14.5 Å². The summed E-state index contributed by atoms with van der Waals surface area (Å²) in [7, 11) is 0. The summed E-state index contributed by atoms with van der Waals surface area (Å²) in [4.78, 5) is 8.98. The third-order valence-corrected chi connectivity index (χ3v) is 3.58. The third kappa shape index (κ3) is 2.61. The average Bonchev–Trinajstić information content (AvgIpc) is 2.85. The molecule has 21 heavy (non-hydrogen) atoms. The monoisotopic (exact) mass is 296 g/mol. The lowest BCUT2D eigenvalue weighted by molar-refractivity contribution is 0.746. The maximum absolute atomic E-state index is 8.85. The molecule has 104 valence electrons. The van der Waals surface area contributed by atoms with E-state index in [4.69, 9.17) is 16.9 Å². The number of fused-ring (bicyclic) bond motifs is 1. The second-order valence-corrected chi connectivity index (χ2v) is 5.21. The number of aromatic nitrogens is 3. The SMILES string of the molecule is CCc1nc2cc(Cl)cnc2n1Cc1ccc(C#N)cc1. The van der Waals surface area contributed by atoms with Gasteiger partial charge in [-0.05, 0) is 23.8 Å². The minimum atomic E-state index is 0.591. The zero-order valence-corrected chi connectivity index (χ0v) is 12.3. The highest BCUT2D eigenvalue weighted by Crippen LogP contribution is 2.20. The molecular formula is C16H13ClN4. The zero-order chi connectivity index (χ0) is 14.8. The number of aryl methyl sites for hydroxylation is 1. The van der Waals surface area contributed by atoms with Gasteiger partial charge in [0.05, 0.1) is 23.2 Å².